The molecule has 0 unspecified atom stereocenters. The zero-order valence-electron chi connectivity index (χ0n) is 12.9. The molecule has 2 aromatic rings. The van der Waals surface area contributed by atoms with E-state index >= 15 is 0 Å². The summed E-state index contributed by atoms with van der Waals surface area (Å²) in [6.45, 7) is 0. The summed E-state index contributed by atoms with van der Waals surface area (Å²) in [4.78, 5) is 35.5. The van der Waals surface area contributed by atoms with Crippen LogP contribution < -0.4 is 15.8 Å². The lowest BCUT2D eigenvalue weighted by molar-refractivity contribution is -0.130. The van der Waals surface area contributed by atoms with Crippen molar-refractivity contribution in [2.24, 2.45) is 0 Å². The first-order chi connectivity index (χ1) is 11.9. The molecule has 8 heteroatoms. The van der Waals surface area contributed by atoms with E-state index in [0.29, 0.717) is 5.69 Å². The van der Waals surface area contributed by atoms with Crippen molar-refractivity contribution in [3.05, 3.63) is 58.9 Å². The van der Waals surface area contributed by atoms with Gasteiger partial charge in [-0.15, -0.1) is 0 Å². The van der Waals surface area contributed by atoms with Gasteiger partial charge in [0.15, 0.2) is 0 Å². The predicted octanol–water partition coefficient (Wildman–Crippen LogP) is 2.89. The van der Waals surface area contributed by atoms with Gasteiger partial charge in [0, 0.05) is 23.4 Å². The Kier molecular flexibility index (Phi) is 4.67. The van der Waals surface area contributed by atoms with Crippen molar-refractivity contribution >= 4 is 40.7 Å². The third-order valence-corrected chi connectivity index (χ3v) is 3.85. The third-order valence-electron chi connectivity index (χ3n) is 3.62. The Balaban J connectivity index is 1.74. The first-order valence-corrected chi connectivity index (χ1v) is 7.81. The second kappa shape index (κ2) is 6.90. The topological polar surface area (TPSA) is 78.5 Å². The molecule has 0 aromatic heterocycles. The van der Waals surface area contributed by atoms with E-state index in [0.717, 1.165) is 11.1 Å². The zero-order valence-corrected chi connectivity index (χ0v) is 13.6. The fraction of sp³-hybridized carbons (Fsp3) is 0.118. The van der Waals surface area contributed by atoms with Gasteiger partial charge in [-0.05, 0) is 42.5 Å². The Morgan fingerprint density at radius 2 is 1.84 bits per heavy atom. The first-order valence-electron chi connectivity index (χ1n) is 7.43. The molecule has 1 aliphatic rings. The molecule has 0 saturated carbocycles. The van der Waals surface area contributed by atoms with Crippen LogP contribution in [-0.2, 0) is 9.59 Å². The van der Waals surface area contributed by atoms with Gasteiger partial charge in [-0.25, -0.2) is 9.40 Å². The van der Waals surface area contributed by atoms with E-state index in [2.05, 4.69) is 10.7 Å². The van der Waals surface area contributed by atoms with Gasteiger partial charge in [0.25, 0.3) is 5.91 Å². The molecular formula is C17H13ClFN3O3. The van der Waals surface area contributed by atoms with Gasteiger partial charge in [0.05, 0.1) is 11.4 Å². The Hall–Kier alpha value is -2.93. The number of hydrazine groups is 1. The highest BCUT2D eigenvalue weighted by molar-refractivity contribution is 6.30. The number of nitrogens with one attached hydrogen (secondary N) is 2. The van der Waals surface area contributed by atoms with Gasteiger partial charge < -0.3 is 5.32 Å². The number of carbonyl (C=O) groups excluding carboxylic acids is 3. The highest BCUT2D eigenvalue weighted by Crippen LogP contribution is 2.21. The second-order valence-electron chi connectivity index (χ2n) is 5.39. The summed E-state index contributed by atoms with van der Waals surface area (Å²) in [7, 11) is 0. The zero-order chi connectivity index (χ0) is 18.0. The summed E-state index contributed by atoms with van der Waals surface area (Å²) < 4.78 is 13.7. The average molecular weight is 362 g/mol. The number of hydrogen-bond acceptors (Lipinski definition) is 3. The summed E-state index contributed by atoms with van der Waals surface area (Å²) >= 11 is 5.67. The number of carbonyl (C=O) groups is 3. The number of halogens is 2. The standard InChI is InChI=1S/C17H13ClFN3O3/c18-11-3-6-14(13(19)9-11)20-17(25)10-1-4-12(5-2-10)22-16(24)8-7-15(23)21-22/h1-6,9H,7-8H2,(H,20,25)(H,21,23). The Morgan fingerprint density at radius 1 is 1.12 bits per heavy atom. The maximum absolute atomic E-state index is 13.7. The molecular weight excluding hydrogens is 349 g/mol. The number of benzene rings is 2. The van der Waals surface area contributed by atoms with E-state index < -0.39 is 11.7 Å². The molecule has 2 N–H and O–H groups in total. The van der Waals surface area contributed by atoms with Crippen LogP contribution in [0.15, 0.2) is 42.5 Å². The molecule has 0 aliphatic carbocycles. The Morgan fingerprint density at radius 3 is 2.52 bits per heavy atom. The minimum absolute atomic E-state index is 0.0111. The third kappa shape index (κ3) is 3.77. The minimum atomic E-state index is -0.640. The van der Waals surface area contributed by atoms with E-state index in [-0.39, 0.29) is 40.9 Å². The molecule has 128 valence electrons. The summed E-state index contributed by atoms with van der Waals surface area (Å²) in [6, 6.07) is 9.94. The number of anilines is 2. The van der Waals surface area contributed by atoms with E-state index in [4.69, 9.17) is 11.6 Å². The predicted molar refractivity (Wildman–Crippen MR) is 90.7 cm³/mol. The van der Waals surface area contributed by atoms with E-state index in [9.17, 15) is 18.8 Å². The molecule has 25 heavy (non-hydrogen) atoms. The highest BCUT2D eigenvalue weighted by Gasteiger charge is 2.24. The van der Waals surface area contributed by atoms with Crippen LogP contribution in [0.3, 0.4) is 0 Å². The van der Waals surface area contributed by atoms with Crippen LogP contribution >= 0.6 is 11.6 Å². The Bertz CT molecular complexity index is 855. The molecule has 1 aliphatic heterocycles. The lowest BCUT2D eigenvalue weighted by atomic mass is 10.1. The van der Waals surface area contributed by atoms with Crippen LogP contribution in [0.4, 0.5) is 15.8 Å². The van der Waals surface area contributed by atoms with Crippen molar-refractivity contribution in [2.75, 3.05) is 10.3 Å². The Labute approximate surface area is 147 Å². The molecule has 0 atom stereocenters. The van der Waals surface area contributed by atoms with Gasteiger partial charge in [0.1, 0.15) is 5.82 Å². The van der Waals surface area contributed by atoms with Gasteiger partial charge in [-0.3, -0.25) is 19.8 Å². The van der Waals surface area contributed by atoms with Gasteiger partial charge in [-0.2, -0.15) is 0 Å². The molecule has 1 fully saturated rings. The summed E-state index contributed by atoms with van der Waals surface area (Å²) in [5.74, 6) is -1.64. The second-order valence-corrected chi connectivity index (χ2v) is 5.83. The number of rotatable bonds is 3. The van der Waals surface area contributed by atoms with Gasteiger partial charge >= 0.3 is 0 Å². The number of nitrogens with zero attached hydrogens (tertiary/aromatic N) is 1. The van der Waals surface area contributed by atoms with E-state index in [1.165, 1.54) is 36.4 Å². The van der Waals surface area contributed by atoms with Crippen molar-refractivity contribution in [3.63, 3.8) is 0 Å². The monoisotopic (exact) mass is 361 g/mol. The van der Waals surface area contributed by atoms with Crippen molar-refractivity contribution in [3.8, 4) is 0 Å². The van der Waals surface area contributed by atoms with Crippen LogP contribution in [0.2, 0.25) is 5.02 Å². The SMILES string of the molecule is O=C1CCC(=O)N(c2ccc(C(=O)Nc3ccc(Cl)cc3F)cc2)N1. The molecule has 6 nitrogen and oxygen atoms in total. The van der Waals surface area contributed by atoms with Crippen LogP contribution in [0.5, 0.6) is 0 Å². The molecule has 0 spiro atoms. The highest BCUT2D eigenvalue weighted by atomic mass is 35.5. The maximum atomic E-state index is 13.7. The molecule has 1 heterocycles. The minimum Gasteiger partial charge on any atom is -0.319 e. The van der Waals surface area contributed by atoms with Gasteiger partial charge in [-0.1, -0.05) is 11.6 Å². The smallest absolute Gasteiger partial charge is 0.255 e. The normalized spacial score (nSPS) is 14.2. The van der Waals surface area contributed by atoms with E-state index in [1.54, 1.807) is 0 Å². The summed E-state index contributed by atoms with van der Waals surface area (Å²) in [6.07, 6.45) is 0.284. The molecule has 3 rings (SSSR count). The van der Waals surface area contributed by atoms with E-state index in [1.807, 2.05) is 0 Å². The van der Waals surface area contributed by atoms with Crippen LogP contribution in [0.1, 0.15) is 23.2 Å². The average Bonchev–Trinajstić information content (AvgIpc) is 2.59. The fourth-order valence-electron chi connectivity index (χ4n) is 2.33. The van der Waals surface area contributed by atoms with Crippen molar-refractivity contribution < 1.29 is 18.8 Å². The lowest BCUT2D eigenvalue weighted by Gasteiger charge is -2.27. The maximum Gasteiger partial charge on any atom is 0.255 e. The van der Waals surface area contributed by atoms with Crippen molar-refractivity contribution in [1.29, 1.82) is 0 Å². The van der Waals surface area contributed by atoms with Crippen LogP contribution in [0, 0.1) is 5.82 Å². The largest absolute Gasteiger partial charge is 0.319 e. The fourth-order valence-corrected chi connectivity index (χ4v) is 2.49. The number of amides is 3. The van der Waals surface area contributed by atoms with Crippen LogP contribution in [-0.4, -0.2) is 17.7 Å². The molecule has 3 amide bonds. The molecule has 0 radical (unpaired) electrons. The quantitative estimate of drug-likeness (QED) is 0.882. The van der Waals surface area contributed by atoms with Crippen molar-refractivity contribution in [1.82, 2.24) is 5.43 Å². The van der Waals surface area contributed by atoms with Crippen LogP contribution in [0.25, 0.3) is 0 Å². The molecule has 1 saturated heterocycles. The summed E-state index contributed by atoms with van der Waals surface area (Å²) in [5, 5.41) is 3.82. The molecule has 0 bridgehead atoms. The summed E-state index contributed by atoms with van der Waals surface area (Å²) in [5.41, 5.74) is 3.19. The number of hydrogen-bond donors (Lipinski definition) is 2. The van der Waals surface area contributed by atoms with Crippen molar-refractivity contribution in [2.45, 2.75) is 12.8 Å². The molecule has 2 aromatic carbocycles. The lowest BCUT2D eigenvalue weighted by Crippen LogP contribution is -2.50. The van der Waals surface area contributed by atoms with Gasteiger partial charge in [0.2, 0.25) is 11.8 Å². The first kappa shape index (κ1) is 16.9.